The highest BCUT2D eigenvalue weighted by atomic mass is 19.4. The number of fused-ring (bicyclic) bond motifs is 1. The fourth-order valence-electron chi connectivity index (χ4n) is 2.41. The van der Waals surface area contributed by atoms with E-state index < -0.39 is 29.5 Å². The number of ether oxygens (including phenoxy) is 1. The molecule has 1 N–H and O–H groups in total. The average molecular weight is 317 g/mol. The van der Waals surface area contributed by atoms with Crippen LogP contribution in [0.1, 0.15) is 31.9 Å². The van der Waals surface area contributed by atoms with Crippen molar-refractivity contribution in [1.29, 1.82) is 0 Å². The Morgan fingerprint density at radius 2 is 2.00 bits per heavy atom. The highest BCUT2D eigenvalue weighted by Gasteiger charge is 2.38. The summed E-state index contributed by atoms with van der Waals surface area (Å²) < 4.78 is 43.5. The highest BCUT2D eigenvalue weighted by molar-refractivity contribution is 5.91. The van der Waals surface area contributed by atoms with E-state index in [1.165, 1.54) is 11.0 Å². The van der Waals surface area contributed by atoms with Crippen LogP contribution < -0.4 is 4.90 Å². The molecule has 1 atom stereocenters. The first-order valence-corrected chi connectivity index (χ1v) is 6.86. The molecule has 122 valence electrons. The lowest BCUT2D eigenvalue weighted by molar-refractivity contribution is -0.137. The minimum Gasteiger partial charge on any atom is -0.443 e. The average Bonchev–Trinajstić information content (AvgIpc) is 2.72. The number of carbonyl (C=O) groups is 1. The summed E-state index contributed by atoms with van der Waals surface area (Å²) in [5.74, 6) is 0. The lowest BCUT2D eigenvalue weighted by Gasteiger charge is -2.28. The number of aliphatic hydroxyl groups is 1. The Morgan fingerprint density at radius 3 is 2.50 bits per heavy atom. The number of benzene rings is 1. The van der Waals surface area contributed by atoms with Crippen molar-refractivity contribution in [2.45, 2.75) is 45.0 Å². The molecule has 1 unspecified atom stereocenters. The van der Waals surface area contributed by atoms with E-state index in [-0.39, 0.29) is 13.0 Å². The molecule has 0 aromatic heterocycles. The molecule has 7 heteroatoms. The van der Waals surface area contributed by atoms with Crippen LogP contribution in [0, 0.1) is 0 Å². The molecule has 0 fully saturated rings. The number of halogens is 3. The van der Waals surface area contributed by atoms with Crippen LogP contribution in [0.5, 0.6) is 0 Å². The van der Waals surface area contributed by atoms with Gasteiger partial charge in [-0.05, 0) is 51.0 Å². The first-order chi connectivity index (χ1) is 10.0. The van der Waals surface area contributed by atoms with Gasteiger partial charge in [-0.3, -0.25) is 4.90 Å². The molecule has 4 nitrogen and oxygen atoms in total. The van der Waals surface area contributed by atoms with Crippen LogP contribution in [0.3, 0.4) is 0 Å². The van der Waals surface area contributed by atoms with Gasteiger partial charge >= 0.3 is 12.3 Å². The van der Waals surface area contributed by atoms with Crippen molar-refractivity contribution in [3.05, 3.63) is 29.3 Å². The second kappa shape index (κ2) is 5.46. The number of nitrogens with zero attached hydrogens (tertiary/aromatic N) is 1. The summed E-state index contributed by atoms with van der Waals surface area (Å²) in [5, 5.41) is 9.41. The maximum Gasteiger partial charge on any atom is 0.416 e. The number of rotatable bonds is 1. The SMILES string of the molecule is CC(C)(C)OC(=O)N1c2ccc(C(F)(F)F)cc2CC1CO. The quantitative estimate of drug-likeness (QED) is 0.864. The Hall–Kier alpha value is -1.76. The van der Waals surface area contributed by atoms with Crippen molar-refractivity contribution >= 4 is 11.8 Å². The molecule has 2 rings (SSSR count). The van der Waals surface area contributed by atoms with Gasteiger partial charge in [0.05, 0.1) is 23.9 Å². The Balaban J connectivity index is 2.36. The number of hydrogen-bond donors (Lipinski definition) is 1. The number of hydrogen-bond acceptors (Lipinski definition) is 3. The number of alkyl halides is 3. The summed E-state index contributed by atoms with van der Waals surface area (Å²) in [5.41, 5.74) is -0.777. The summed E-state index contributed by atoms with van der Waals surface area (Å²) in [4.78, 5) is 13.5. The van der Waals surface area contributed by atoms with E-state index in [1.54, 1.807) is 20.8 Å². The summed E-state index contributed by atoms with van der Waals surface area (Å²) in [6.45, 7) is 4.74. The standard InChI is InChI=1S/C15H18F3NO3/c1-14(2,3)22-13(21)19-11(8-20)7-9-6-10(15(16,17)18)4-5-12(9)19/h4-6,11,20H,7-8H2,1-3H3. The highest BCUT2D eigenvalue weighted by Crippen LogP contribution is 2.38. The van der Waals surface area contributed by atoms with E-state index in [1.807, 2.05) is 0 Å². The lowest BCUT2D eigenvalue weighted by atomic mass is 10.1. The predicted octanol–water partition coefficient (Wildman–Crippen LogP) is 3.36. The maximum absolute atomic E-state index is 12.8. The molecular formula is C15H18F3NO3. The molecule has 0 saturated carbocycles. The number of amides is 1. The summed E-state index contributed by atoms with van der Waals surface area (Å²) in [6.07, 6.45) is -4.96. The van der Waals surface area contributed by atoms with E-state index >= 15 is 0 Å². The second-order valence-corrected chi connectivity index (χ2v) is 6.23. The van der Waals surface area contributed by atoms with Gasteiger partial charge in [-0.15, -0.1) is 0 Å². The van der Waals surface area contributed by atoms with Crippen LogP contribution in [-0.2, 0) is 17.3 Å². The second-order valence-electron chi connectivity index (χ2n) is 6.23. The third-order valence-corrected chi connectivity index (χ3v) is 3.29. The molecule has 1 aliphatic rings. The molecule has 1 aromatic rings. The van der Waals surface area contributed by atoms with Crippen molar-refractivity contribution in [2.75, 3.05) is 11.5 Å². The van der Waals surface area contributed by atoms with Crippen LogP contribution in [0.2, 0.25) is 0 Å². The lowest BCUT2D eigenvalue weighted by Crippen LogP contribution is -2.43. The summed E-state index contributed by atoms with van der Waals surface area (Å²) in [6, 6.07) is 2.57. The Bertz CT molecular complexity index is 578. The molecule has 1 aromatic carbocycles. The molecule has 1 aliphatic heterocycles. The molecule has 0 spiro atoms. The van der Waals surface area contributed by atoms with Crippen LogP contribution in [0.4, 0.5) is 23.7 Å². The largest absolute Gasteiger partial charge is 0.443 e. The zero-order valence-corrected chi connectivity index (χ0v) is 12.6. The van der Waals surface area contributed by atoms with Crippen LogP contribution >= 0.6 is 0 Å². The molecule has 0 radical (unpaired) electrons. The van der Waals surface area contributed by atoms with Gasteiger partial charge in [-0.25, -0.2) is 4.79 Å². The summed E-state index contributed by atoms with van der Waals surface area (Å²) >= 11 is 0. The first kappa shape index (κ1) is 16.6. The molecule has 0 bridgehead atoms. The van der Waals surface area contributed by atoms with Gasteiger partial charge < -0.3 is 9.84 Å². The third kappa shape index (κ3) is 3.35. The van der Waals surface area contributed by atoms with E-state index in [0.29, 0.717) is 11.3 Å². The van der Waals surface area contributed by atoms with Gasteiger partial charge in [0.15, 0.2) is 0 Å². The van der Waals surface area contributed by atoms with Gasteiger partial charge in [0, 0.05) is 0 Å². The monoisotopic (exact) mass is 317 g/mol. The van der Waals surface area contributed by atoms with Gasteiger partial charge in [0.25, 0.3) is 0 Å². The van der Waals surface area contributed by atoms with Crippen molar-refractivity contribution in [3.8, 4) is 0 Å². The van der Waals surface area contributed by atoms with Crippen molar-refractivity contribution in [1.82, 2.24) is 0 Å². The molecular weight excluding hydrogens is 299 g/mol. The molecule has 0 aliphatic carbocycles. The number of anilines is 1. The van der Waals surface area contributed by atoms with E-state index in [2.05, 4.69) is 0 Å². The van der Waals surface area contributed by atoms with Crippen molar-refractivity contribution < 1.29 is 27.8 Å². The van der Waals surface area contributed by atoms with Gasteiger partial charge in [0.1, 0.15) is 5.60 Å². The van der Waals surface area contributed by atoms with Crippen LogP contribution in [0.25, 0.3) is 0 Å². The van der Waals surface area contributed by atoms with E-state index in [9.17, 15) is 23.1 Å². The molecule has 1 amide bonds. The fourth-order valence-corrected chi connectivity index (χ4v) is 2.41. The Morgan fingerprint density at radius 1 is 1.36 bits per heavy atom. The predicted molar refractivity (Wildman–Crippen MR) is 74.7 cm³/mol. The first-order valence-electron chi connectivity index (χ1n) is 6.86. The molecule has 1 heterocycles. The minimum absolute atomic E-state index is 0.162. The summed E-state index contributed by atoms with van der Waals surface area (Å²) in [7, 11) is 0. The van der Waals surface area contributed by atoms with Crippen molar-refractivity contribution in [3.63, 3.8) is 0 Å². The topological polar surface area (TPSA) is 49.8 Å². The Kier molecular flexibility index (Phi) is 4.12. The molecule has 0 saturated heterocycles. The van der Waals surface area contributed by atoms with E-state index in [4.69, 9.17) is 4.74 Å². The maximum atomic E-state index is 12.8. The smallest absolute Gasteiger partial charge is 0.416 e. The fraction of sp³-hybridized carbons (Fsp3) is 0.533. The normalized spacial score (nSPS) is 18.3. The Labute approximate surface area is 126 Å². The van der Waals surface area contributed by atoms with Crippen molar-refractivity contribution in [2.24, 2.45) is 0 Å². The number of carbonyl (C=O) groups excluding carboxylic acids is 1. The van der Waals surface area contributed by atoms with Gasteiger partial charge in [0.2, 0.25) is 0 Å². The molecule has 22 heavy (non-hydrogen) atoms. The van der Waals surface area contributed by atoms with Crippen LogP contribution in [0.15, 0.2) is 18.2 Å². The number of aliphatic hydroxyl groups excluding tert-OH is 1. The zero-order chi connectivity index (χ0) is 16.7. The van der Waals surface area contributed by atoms with Gasteiger partial charge in [-0.2, -0.15) is 13.2 Å². The van der Waals surface area contributed by atoms with Gasteiger partial charge in [-0.1, -0.05) is 0 Å². The van der Waals surface area contributed by atoms with E-state index in [0.717, 1.165) is 12.1 Å². The zero-order valence-electron chi connectivity index (χ0n) is 12.6. The third-order valence-electron chi connectivity index (χ3n) is 3.29. The van der Waals surface area contributed by atoms with Crippen LogP contribution in [-0.4, -0.2) is 29.4 Å². The minimum atomic E-state index is -4.44.